The highest BCUT2D eigenvalue weighted by molar-refractivity contribution is 6.32. The van der Waals surface area contributed by atoms with Crippen molar-refractivity contribution in [2.24, 2.45) is 5.92 Å². The first-order valence-electron chi connectivity index (χ1n) is 4.24. The van der Waals surface area contributed by atoms with Crippen LogP contribution >= 0.6 is 0 Å². The Hall–Kier alpha value is -0.715. The lowest BCUT2D eigenvalue weighted by Gasteiger charge is -2.04. The summed E-state index contributed by atoms with van der Waals surface area (Å²) in [7, 11) is 2.14. The SMILES string of the molecule is Bc1cccc(CC(C)C)c1. The van der Waals surface area contributed by atoms with Crippen molar-refractivity contribution in [3.63, 3.8) is 0 Å². The van der Waals surface area contributed by atoms with Crippen molar-refractivity contribution in [3.8, 4) is 0 Å². The average molecular weight is 146 g/mol. The largest absolute Gasteiger partial charge is 0.139 e. The lowest BCUT2D eigenvalue weighted by molar-refractivity contribution is 0.647. The fraction of sp³-hybridized carbons (Fsp3) is 0.400. The van der Waals surface area contributed by atoms with Gasteiger partial charge in [-0.3, -0.25) is 0 Å². The molecule has 0 atom stereocenters. The fourth-order valence-corrected chi connectivity index (χ4v) is 1.31. The van der Waals surface area contributed by atoms with E-state index in [-0.39, 0.29) is 0 Å². The van der Waals surface area contributed by atoms with Gasteiger partial charge in [-0.2, -0.15) is 0 Å². The highest BCUT2D eigenvalue weighted by atomic mass is 14.0. The number of rotatable bonds is 2. The van der Waals surface area contributed by atoms with Crippen molar-refractivity contribution >= 4 is 13.3 Å². The minimum Gasteiger partial charge on any atom is -0.0887 e. The summed E-state index contributed by atoms with van der Waals surface area (Å²) in [6, 6.07) is 8.74. The van der Waals surface area contributed by atoms with Gasteiger partial charge >= 0.3 is 0 Å². The molecule has 0 aliphatic carbocycles. The molecule has 0 aromatic heterocycles. The Kier molecular flexibility index (Phi) is 2.75. The molecule has 0 amide bonds. The van der Waals surface area contributed by atoms with Gasteiger partial charge in [0.1, 0.15) is 7.85 Å². The van der Waals surface area contributed by atoms with E-state index < -0.39 is 0 Å². The van der Waals surface area contributed by atoms with Crippen LogP contribution in [0.3, 0.4) is 0 Å². The Morgan fingerprint density at radius 1 is 1.36 bits per heavy atom. The smallest absolute Gasteiger partial charge is 0.0887 e. The van der Waals surface area contributed by atoms with Crippen LogP contribution in [-0.4, -0.2) is 7.85 Å². The van der Waals surface area contributed by atoms with Gasteiger partial charge in [0.15, 0.2) is 0 Å². The van der Waals surface area contributed by atoms with Gasteiger partial charge in [0, 0.05) is 0 Å². The van der Waals surface area contributed by atoms with E-state index in [1.165, 1.54) is 17.4 Å². The Labute approximate surface area is 70.0 Å². The summed E-state index contributed by atoms with van der Waals surface area (Å²) in [5.74, 6) is 0.761. The third-order valence-corrected chi connectivity index (χ3v) is 1.73. The summed E-state index contributed by atoms with van der Waals surface area (Å²) in [5, 5.41) is 0. The predicted molar refractivity (Wildman–Crippen MR) is 53.2 cm³/mol. The van der Waals surface area contributed by atoms with Crippen LogP contribution in [0.2, 0.25) is 0 Å². The Balaban J connectivity index is 2.71. The minimum absolute atomic E-state index is 0.761. The minimum atomic E-state index is 0.761. The van der Waals surface area contributed by atoms with Crippen LogP contribution in [0.4, 0.5) is 0 Å². The molecule has 0 spiro atoms. The maximum absolute atomic E-state index is 2.26. The molecular formula is C10H15B. The molecule has 11 heavy (non-hydrogen) atoms. The molecule has 1 heteroatoms. The molecule has 0 heterocycles. The first-order chi connectivity index (χ1) is 5.18. The van der Waals surface area contributed by atoms with Crippen LogP contribution in [0.15, 0.2) is 24.3 Å². The number of hydrogen-bond acceptors (Lipinski definition) is 0. The lowest BCUT2D eigenvalue weighted by atomic mass is 9.92. The van der Waals surface area contributed by atoms with E-state index in [4.69, 9.17) is 0 Å². The first-order valence-corrected chi connectivity index (χ1v) is 4.24. The van der Waals surface area contributed by atoms with E-state index in [2.05, 4.69) is 46.0 Å². The lowest BCUT2D eigenvalue weighted by Crippen LogP contribution is -2.04. The summed E-state index contributed by atoms with van der Waals surface area (Å²) >= 11 is 0. The van der Waals surface area contributed by atoms with E-state index in [1.54, 1.807) is 0 Å². The van der Waals surface area contributed by atoms with Gasteiger partial charge in [-0.05, 0) is 17.9 Å². The fourth-order valence-electron chi connectivity index (χ4n) is 1.31. The zero-order valence-electron chi connectivity index (χ0n) is 7.59. The van der Waals surface area contributed by atoms with Gasteiger partial charge in [-0.1, -0.05) is 43.6 Å². The highest BCUT2D eigenvalue weighted by Crippen LogP contribution is 2.05. The topological polar surface area (TPSA) is 0 Å². The van der Waals surface area contributed by atoms with E-state index in [1.807, 2.05) is 0 Å². The molecule has 0 bridgehead atoms. The Morgan fingerprint density at radius 3 is 2.64 bits per heavy atom. The second-order valence-corrected chi connectivity index (χ2v) is 3.59. The molecule has 1 rings (SSSR count). The van der Waals surface area contributed by atoms with Crippen molar-refractivity contribution < 1.29 is 0 Å². The number of hydrogen-bond donors (Lipinski definition) is 0. The monoisotopic (exact) mass is 146 g/mol. The third kappa shape index (κ3) is 2.79. The first kappa shape index (κ1) is 8.38. The Bertz CT molecular complexity index is 228. The predicted octanol–water partition coefficient (Wildman–Crippen LogP) is 1.14. The van der Waals surface area contributed by atoms with Crippen molar-refractivity contribution in [1.29, 1.82) is 0 Å². The molecule has 0 radical (unpaired) electrons. The molecule has 0 aliphatic heterocycles. The molecule has 0 unspecified atom stereocenters. The standard InChI is InChI=1S/C10H15B/c1-8(2)6-9-4-3-5-10(11)7-9/h3-5,7-8H,6,11H2,1-2H3. The van der Waals surface area contributed by atoms with E-state index in [9.17, 15) is 0 Å². The maximum atomic E-state index is 2.26. The average Bonchev–Trinajstić information content (AvgIpc) is 1.85. The molecule has 0 saturated heterocycles. The van der Waals surface area contributed by atoms with E-state index in [0.29, 0.717) is 0 Å². The van der Waals surface area contributed by atoms with E-state index >= 15 is 0 Å². The molecule has 0 fully saturated rings. The normalized spacial score (nSPS) is 10.5. The molecule has 0 nitrogen and oxygen atoms in total. The summed E-state index contributed by atoms with van der Waals surface area (Å²) in [5.41, 5.74) is 2.82. The molecule has 58 valence electrons. The second kappa shape index (κ2) is 3.61. The summed E-state index contributed by atoms with van der Waals surface area (Å²) in [6.07, 6.45) is 1.20. The third-order valence-electron chi connectivity index (χ3n) is 1.73. The highest BCUT2D eigenvalue weighted by Gasteiger charge is 1.96. The molecule has 0 aliphatic rings. The Morgan fingerprint density at radius 2 is 2.09 bits per heavy atom. The van der Waals surface area contributed by atoms with Gasteiger partial charge in [0.2, 0.25) is 0 Å². The molecule has 1 aromatic rings. The van der Waals surface area contributed by atoms with Crippen LogP contribution in [0.25, 0.3) is 0 Å². The molecule has 0 saturated carbocycles. The van der Waals surface area contributed by atoms with Gasteiger partial charge in [-0.15, -0.1) is 0 Å². The van der Waals surface area contributed by atoms with Crippen LogP contribution in [-0.2, 0) is 6.42 Å². The van der Waals surface area contributed by atoms with E-state index in [0.717, 1.165) is 5.92 Å². The van der Waals surface area contributed by atoms with Gasteiger partial charge in [-0.25, -0.2) is 0 Å². The van der Waals surface area contributed by atoms with Crippen molar-refractivity contribution in [3.05, 3.63) is 29.8 Å². The summed E-state index contributed by atoms with van der Waals surface area (Å²) in [4.78, 5) is 0. The maximum Gasteiger partial charge on any atom is 0.139 e. The summed E-state index contributed by atoms with van der Waals surface area (Å²) < 4.78 is 0. The van der Waals surface area contributed by atoms with Crippen molar-refractivity contribution in [2.45, 2.75) is 20.3 Å². The zero-order valence-corrected chi connectivity index (χ0v) is 7.59. The van der Waals surface area contributed by atoms with Crippen LogP contribution in [0.1, 0.15) is 19.4 Å². The van der Waals surface area contributed by atoms with Gasteiger partial charge < -0.3 is 0 Å². The number of benzene rings is 1. The van der Waals surface area contributed by atoms with Crippen LogP contribution in [0.5, 0.6) is 0 Å². The molecule has 1 aromatic carbocycles. The molecular weight excluding hydrogens is 131 g/mol. The zero-order chi connectivity index (χ0) is 8.27. The van der Waals surface area contributed by atoms with Crippen LogP contribution in [0, 0.1) is 5.92 Å². The van der Waals surface area contributed by atoms with Crippen LogP contribution < -0.4 is 5.46 Å². The summed E-state index contributed by atoms with van der Waals surface area (Å²) in [6.45, 7) is 4.50. The van der Waals surface area contributed by atoms with Gasteiger partial charge in [0.25, 0.3) is 0 Å². The van der Waals surface area contributed by atoms with Crippen molar-refractivity contribution in [1.82, 2.24) is 0 Å². The quantitative estimate of drug-likeness (QED) is 0.549. The molecule has 0 N–H and O–H groups in total. The van der Waals surface area contributed by atoms with Crippen molar-refractivity contribution in [2.75, 3.05) is 0 Å². The van der Waals surface area contributed by atoms with Gasteiger partial charge in [0.05, 0.1) is 0 Å². The second-order valence-electron chi connectivity index (χ2n) is 3.59.